The highest BCUT2D eigenvalue weighted by molar-refractivity contribution is 6.03. The molecule has 1 unspecified atom stereocenters. The second kappa shape index (κ2) is 6.84. The van der Waals surface area contributed by atoms with E-state index in [0.29, 0.717) is 18.0 Å². The average molecular weight is 311 g/mol. The van der Waals surface area contributed by atoms with Gasteiger partial charge in [-0.15, -0.1) is 0 Å². The highest BCUT2D eigenvalue weighted by Crippen LogP contribution is 2.37. The molecule has 0 bridgehead atoms. The standard InChI is InChI=1S/C19H21NO3/c1-22-17-11-9-14-15(19(17)23-2)8-10-16(18(14)21)20-12-13-6-4-3-5-7-13/h3-7,9,11,16,20H,8,10,12H2,1-2H3. The van der Waals surface area contributed by atoms with E-state index < -0.39 is 0 Å². The first-order valence-electron chi connectivity index (χ1n) is 7.80. The molecular formula is C19H21NO3. The fraction of sp³-hybridized carbons (Fsp3) is 0.316. The van der Waals surface area contributed by atoms with Crippen molar-refractivity contribution >= 4 is 5.78 Å². The summed E-state index contributed by atoms with van der Waals surface area (Å²) in [6, 6.07) is 13.6. The first-order valence-corrected chi connectivity index (χ1v) is 7.80. The van der Waals surface area contributed by atoms with Crippen molar-refractivity contribution in [2.24, 2.45) is 0 Å². The maximum absolute atomic E-state index is 12.7. The van der Waals surface area contributed by atoms with Gasteiger partial charge >= 0.3 is 0 Å². The Bertz CT molecular complexity index is 697. The lowest BCUT2D eigenvalue weighted by Gasteiger charge is -2.26. The Labute approximate surface area is 136 Å². The highest BCUT2D eigenvalue weighted by Gasteiger charge is 2.30. The van der Waals surface area contributed by atoms with Crippen LogP contribution >= 0.6 is 0 Å². The molecule has 1 atom stereocenters. The van der Waals surface area contributed by atoms with Crippen molar-refractivity contribution in [2.45, 2.75) is 25.4 Å². The minimum absolute atomic E-state index is 0.128. The number of ether oxygens (including phenoxy) is 2. The molecule has 23 heavy (non-hydrogen) atoms. The molecule has 1 aliphatic rings. The van der Waals surface area contributed by atoms with Gasteiger partial charge in [0.05, 0.1) is 20.3 Å². The third-order valence-corrected chi connectivity index (χ3v) is 4.31. The van der Waals surface area contributed by atoms with Crippen LogP contribution in [0.2, 0.25) is 0 Å². The summed E-state index contributed by atoms with van der Waals surface area (Å²) in [6.07, 6.45) is 1.57. The van der Waals surface area contributed by atoms with Crippen LogP contribution in [0.25, 0.3) is 0 Å². The van der Waals surface area contributed by atoms with Gasteiger partial charge in [0.15, 0.2) is 17.3 Å². The molecule has 0 saturated heterocycles. The first kappa shape index (κ1) is 15.6. The second-order valence-electron chi connectivity index (χ2n) is 5.65. The molecule has 0 amide bonds. The molecule has 1 N–H and O–H groups in total. The number of ketones is 1. The Morgan fingerprint density at radius 3 is 2.57 bits per heavy atom. The van der Waals surface area contributed by atoms with Crippen LogP contribution in [0.4, 0.5) is 0 Å². The van der Waals surface area contributed by atoms with Gasteiger partial charge in [-0.05, 0) is 30.5 Å². The minimum atomic E-state index is -0.152. The summed E-state index contributed by atoms with van der Waals surface area (Å²) in [7, 11) is 3.22. The van der Waals surface area contributed by atoms with Gasteiger partial charge in [0.1, 0.15) is 0 Å². The molecule has 4 nitrogen and oxygen atoms in total. The molecule has 2 aromatic rings. The van der Waals surface area contributed by atoms with Gasteiger partial charge in [-0.25, -0.2) is 0 Å². The van der Waals surface area contributed by atoms with Gasteiger partial charge in [0.25, 0.3) is 0 Å². The topological polar surface area (TPSA) is 47.6 Å². The van der Waals surface area contributed by atoms with Gasteiger partial charge in [-0.1, -0.05) is 30.3 Å². The largest absolute Gasteiger partial charge is 0.493 e. The maximum atomic E-state index is 12.7. The molecule has 3 rings (SSSR count). The van der Waals surface area contributed by atoms with Crippen LogP contribution in [0, 0.1) is 0 Å². The summed E-state index contributed by atoms with van der Waals surface area (Å²) in [5.41, 5.74) is 2.87. The molecule has 0 aromatic heterocycles. The number of carbonyl (C=O) groups excluding carboxylic acids is 1. The smallest absolute Gasteiger partial charge is 0.180 e. The van der Waals surface area contributed by atoms with E-state index in [1.807, 2.05) is 24.3 Å². The third kappa shape index (κ3) is 3.08. The van der Waals surface area contributed by atoms with Crippen LogP contribution < -0.4 is 14.8 Å². The molecule has 0 heterocycles. The Balaban J connectivity index is 1.78. The number of hydrogen-bond donors (Lipinski definition) is 1. The van der Waals surface area contributed by atoms with E-state index in [2.05, 4.69) is 17.4 Å². The normalized spacial score (nSPS) is 16.8. The van der Waals surface area contributed by atoms with Crippen molar-refractivity contribution in [1.82, 2.24) is 5.32 Å². The molecular weight excluding hydrogens is 290 g/mol. The summed E-state index contributed by atoms with van der Waals surface area (Å²) < 4.78 is 10.8. The van der Waals surface area contributed by atoms with Crippen molar-refractivity contribution in [3.8, 4) is 11.5 Å². The number of Topliss-reactive ketones (excluding diaryl/α,β-unsaturated/α-hetero) is 1. The molecule has 120 valence electrons. The predicted octanol–water partition coefficient (Wildman–Crippen LogP) is 2.99. The van der Waals surface area contributed by atoms with Crippen molar-refractivity contribution in [1.29, 1.82) is 0 Å². The van der Waals surface area contributed by atoms with Crippen LogP contribution in [0.3, 0.4) is 0 Å². The lowest BCUT2D eigenvalue weighted by Crippen LogP contribution is -2.40. The van der Waals surface area contributed by atoms with E-state index in [9.17, 15) is 4.79 Å². The van der Waals surface area contributed by atoms with E-state index in [1.165, 1.54) is 5.56 Å². The SMILES string of the molecule is COc1ccc2c(c1OC)CCC(NCc1ccccc1)C2=O. The zero-order chi connectivity index (χ0) is 16.2. The third-order valence-electron chi connectivity index (χ3n) is 4.31. The molecule has 0 radical (unpaired) electrons. The van der Waals surface area contributed by atoms with Gasteiger partial charge in [-0.2, -0.15) is 0 Å². The molecule has 0 saturated carbocycles. The first-order chi connectivity index (χ1) is 11.2. The van der Waals surface area contributed by atoms with E-state index in [0.717, 1.165) is 24.0 Å². The van der Waals surface area contributed by atoms with E-state index in [-0.39, 0.29) is 11.8 Å². The van der Waals surface area contributed by atoms with Gasteiger partial charge in [0, 0.05) is 17.7 Å². The van der Waals surface area contributed by atoms with Crippen molar-refractivity contribution in [3.63, 3.8) is 0 Å². The van der Waals surface area contributed by atoms with Crippen LogP contribution in [0.15, 0.2) is 42.5 Å². The summed E-state index contributed by atoms with van der Waals surface area (Å²) in [5.74, 6) is 1.48. The monoisotopic (exact) mass is 311 g/mol. The van der Waals surface area contributed by atoms with Crippen LogP contribution in [-0.4, -0.2) is 26.0 Å². The number of benzene rings is 2. The zero-order valence-electron chi connectivity index (χ0n) is 13.5. The van der Waals surface area contributed by atoms with Gasteiger partial charge in [-0.3, -0.25) is 4.79 Å². The molecule has 0 aliphatic heterocycles. The van der Waals surface area contributed by atoms with Crippen LogP contribution in [0.1, 0.15) is 27.9 Å². The second-order valence-corrected chi connectivity index (χ2v) is 5.65. The van der Waals surface area contributed by atoms with Crippen molar-refractivity contribution in [3.05, 3.63) is 59.2 Å². The molecule has 0 spiro atoms. The van der Waals surface area contributed by atoms with Crippen molar-refractivity contribution in [2.75, 3.05) is 14.2 Å². The Hall–Kier alpha value is -2.33. The van der Waals surface area contributed by atoms with Crippen LogP contribution in [-0.2, 0) is 13.0 Å². The molecule has 4 heteroatoms. The Kier molecular flexibility index (Phi) is 4.63. The number of rotatable bonds is 5. The molecule has 1 aliphatic carbocycles. The molecule has 2 aromatic carbocycles. The number of carbonyl (C=O) groups is 1. The predicted molar refractivity (Wildman–Crippen MR) is 89.3 cm³/mol. The quantitative estimate of drug-likeness (QED) is 0.922. The lowest BCUT2D eigenvalue weighted by molar-refractivity contribution is 0.0926. The maximum Gasteiger partial charge on any atom is 0.180 e. The Morgan fingerprint density at radius 1 is 1.09 bits per heavy atom. The van der Waals surface area contributed by atoms with Gasteiger partial charge < -0.3 is 14.8 Å². The Morgan fingerprint density at radius 2 is 1.87 bits per heavy atom. The van der Waals surface area contributed by atoms with Crippen molar-refractivity contribution < 1.29 is 14.3 Å². The number of methoxy groups -OCH3 is 2. The summed E-state index contributed by atoms with van der Waals surface area (Å²) in [5, 5.41) is 3.37. The fourth-order valence-electron chi connectivity index (χ4n) is 3.11. The zero-order valence-corrected chi connectivity index (χ0v) is 13.5. The number of nitrogens with one attached hydrogen (secondary N) is 1. The average Bonchev–Trinajstić information content (AvgIpc) is 2.61. The number of fused-ring (bicyclic) bond motifs is 1. The summed E-state index contributed by atoms with van der Waals surface area (Å²) in [4.78, 5) is 12.7. The lowest BCUT2D eigenvalue weighted by atomic mass is 9.86. The highest BCUT2D eigenvalue weighted by atomic mass is 16.5. The molecule has 0 fully saturated rings. The minimum Gasteiger partial charge on any atom is -0.493 e. The van der Waals surface area contributed by atoms with E-state index >= 15 is 0 Å². The van der Waals surface area contributed by atoms with E-state index in [4.69, 9.17) is 9.47 Å². The number of hydrogen-bond acceptors (Lipinski definition) is 4. The van der Waals surface area contributed by atoms with Gasteiger partial charge in [0.2, 0.25) is 0 Å². The van der Waals surface area contributed by atoms with E-state index in [1.54, 1.807) is 20.3 Å². The summed E-state index contributed by atoms with van der Waals surface area (Å²) in [6.45, 7) is 0.694. The van der Waals surface area contributed by atoms with Crippen LogP contribution in [0.5, 0.6) is 11.5 Å². The fourth-order valence-corrected chi connectivity index (χ4v) is 3.11. The summed E-state index contributed by atoms with van der Waals surface area (Å²) >= 11 is 0.